The molecule has 0 aromatic rings. The van der Waals surface area contributed by atoms with Gasteiger partial charge >= 0.3 is 0 Å². The molecule has 0 fully saturated rings. The van der Waals surface area contributed by atoms with Crippen molar-refractivity contribution in [3.63, 3.8) is 0 Å². The third-order valence-corrected chi connectivity index (χ3v) is 1.40. The number of aliphatic imine (C=N–C) groups is 1. The van der Waals surface area contributed by atoms with Gasteiger partial charge in [0.25, 0.3) is 0 Å². The highest BCUT2D eigenvalue weighted by Gasteiger charge is 1.97. The number of alkyl halides is 1. The van der Waals surface area contributed by atoms with E-state index in [1.165, 1.54) is 0 Å². The molecule has 3 nitrogen and oxygen atoms in total. The Labute approximate surface area is 68.2 Å². The largest absolute Gasteiger partial charge is 0.422 e. The summed E-state index contributed by atoms with van der Waals surface area (Å²) in [7, 11) is 0. The molecule has 0 rings (SSSR count). The second-order valence-electron chi connectivity index (χ2n) is 1.63. The fourth-order valence-corrected chi connectivity index (χ4v) is 1.06. The van der Waals surface area contributed by atoms with Gasteiger partial charge in [-0.1, -0.05) is 4.40 Å². The Morgan fingerprint density at radius 1 is 1.70 bits per heavy atom. The lowest BCUT2D eigenvalue weighted by atomic mass is 10.7. The van der Waals surface area contributed by atoms with Crippen LogP contribution in [-0.4, -0.2) is 30.2 Å². The van der Waals surface area contributed by atoms with Gasteiger partial charge in [-0.3, -0.25) is 0 Å². The van der Waals surface area contributed by atoms with Gasteiger partial charge < -0.3 is 10.4 Å². The number of amidine groups is 1. The Bertz CT molecular complexity index is 172. The molecule has 0 heterocycles. The summed E-state index contributed by atoms with van der Waals surface area (Å²) >= 11 is 5.33. The molecule has 0 bridgehead atoms. The molecule has 0 aliphatic rings. The van der Waals surface area contributed by atoms with Crippen LogP contribution < -0.4 is 0 Å². The van der Waals surface area contributed by atoms with Crippen molar-refractivity contribution in [1.82, 2.24) is 0 Å². The molecule has 0 amide bonds. The predicted molar refractivity (Wildman–Crippen MR) is 48.2 cm³/mol. The van der Waals surface area contributed by atoms with Gasteiger partial charge in [0, 0.05) is 0 Å². The van der Waals surface area contributed by atoms with Gasteiger partial charge in [-0.25, -0.2) is 0 Å². The first-order valence-electron chi connectivity index (χ1n) is 2.51. The summed E-state index contributed by atoms with van der Waals surface area (Å²) in [4.78, 5) is 3.41. The standard InChI is InChI=1S/C5H8ClN3S/c1-10(2)9-5(3-6)8-4-7/h3H2,1-2H3/b9-5+. The van der Waals surface area contributed by atoms with Crippen LogP contribution in [0.4, 0.5) is 0 Å². The van der Waals surface area contributed by atoms with Crippen molar-refractivity contribution in [3.05, 3.63) is 5.41 Å². The predicted octanol–water partition coefficient (Wildman–Crippen LogP) is 1.16. The van der Waals surface area contributed by atoms with E-state index < -0.39 is 0 Å². The molecule has 0 spiro atoms. The Balaban J connectivity index is 4.17. The van der Waals surface area contributed by atoms with Crippen LogP contribution >= 0.6 is 11.6 Å². The van der Waals surface area contributed by atoms with Crippen molar-refractivity contribution in [2.75, 3.05) is 18.4 Å². The van der Waals surface area contributed by atoms with E-state index in [1.54, 1.807) is 6.01 Å². The zero-order chi connectivity index (χ0) is 7.98. The molecular weight excluding hydrogens is 170 g/mol. The minimum Gasteiger partial charge on any atom is -0.422 e. The van der Waals surface area contributed by atoms with Crippen molar-refractivity contribution in [2.24, 2.45) is 9.39 Å². The maximum Gasteiger partial charge on any atom is 0.125 e. The molecule has 0 aromatic carbocycles. The van der Waals surface area contributed by atoms with E-state index in [9.17, 15) is 0 Å². The van der Waals surface area contributed by atoms with Crippen molar-refractivity contribution in [1.29, 1.82) is 0 Å². The van der Waals surface area contributed by atoms with Gasteiger partial charge in [-0.15, -0.1) is 17.6 Å². The topological polar surface area (TPSA) is 47.0 Å². The molecule has 0 saturated carbocycles. The molecule has 10 heavy (non-hydrogen) atoms. The van der Waals surface area contributed by atoms with Crippen molar-refractivity contribution >= 4 is 34.5 Å². The lowest BCUT2D eigenvalue weighted by Crippen LogP contribution is -2.00. The first kappa shape index (κ1) is 9.69. The van der Waals surface area contributed by atoms with Crippen LogP contribution in [0.2, 0.25) is 0 Å². The molecule has 56 valence electrons. The highest BCUT2D eigenvalue weighted by Crippen LogP contribution is 1.91. The van der Waals surface area contributed by atoms with E-state index in [1.807, 2.05) is 12.5 Å². The van der Waals surface area contributed by atoms with Crippen LogP contribution in [0.1, 0.15) is 0 Å². The minimum atomic E-state index is -0.0883. The van der Waals surface area contributed by atoms with E-state index >= 15 is 0 Å². The number of hydrogen-bond acceptors (Lipinski definition) is 1. The second-order valence-corrected chi connectivity index (χ2v) is 3.62. The van der Waals surface area contributed by atoms with Crippen LogP contribution in [0.25, 0.3) is 5.41 Å². The molecule has 0 aliphatic carbocycles. The van der Waals surface area contributed by atoms with Gasteiger partial charge in [-0.05, 0) is 0 Å². The van der Waals surface area contributed by atoms with Gasteiger partial charge in [0.1, 0.15) is 29.4 Å². The molecule has 0 saturated heterocycles. The molecule has 5 heteroatoms. The Morgan fingerprint density at radius 2 is 2.30 bits per heavy atom. The third-order valence-electron chi connectivity index (χ3n) is 0.587. The average molecular weight is 178 g/mol. The number of nitrogens with zero attached hydrogens (tertiary/aromatic N) is 3. The molecule has 0 unspecified atom stereocenters. The number of hydrogen-bond donors (Lipinski definition) is 0. The second kappa shape index (κ2) is 5.47. The Kier molecular flexibility index (Phi) is 5.30. The normalized spacial score (nSPS) is 11.4. The van der Waals surface area contributed by atoms with Crippen LogP contribution in [0.3, 0.4) is 0 Å². The van der Waals surface area contributed by atoms with E-state index in [2.05, 4.69) is 9.39 Å². The fraction of sp³-hybridized carbons (Fsp3) is 0.600. The monoisotopic (exact) mass is 177 g/mol. The number of halogens is 1. The Hall–Kier alpha value is -0.310. The zero-order valence-corrected chi connectivity index (χ0v) is 7.41. The first-order valence-corrected chi connectivity index (χ1v) is 5.05. The molecule has 0 aromatic heterocycles. The SMILES string of the molecule is C[S+](C)/N=C(\CCl)N=C=[N-]. The maximum absolute atomic E-state index is 8.13. The van der Waals surface area contributed by atoms with Crippen LogP contribution in [0.15, 0.2) is 9.39 Å². The summed E-state index contributed by atoms with van der Waals surface area (Å²) in [5.74, 6) is 0.621. The van der Waals surface area contributed by atoms with Gasteiger partial charge in [0.2, 0.25) is 0 Å². The van der Waals surface area contributed by atoms with Crippen molar-refractivity contribution < 1.29 is 0 Å². The van der Waals surface area contributed by atoms with Gasteiger partial charge in [0.05, 0.1) is 5.88 Å². The van der Waals surface area contributed by atoms with Crippen LogP contribution in [0, 0.1) is 0 Å². The summed E-state index contributed by atoms with van der Waals surface area (Å²) in [5.41, 5.74) is 0. The smallest absolute Gasteiger partial charge is 0.125 e. The summed E-state index contributed by atoms with van der Waals surface area (Å²) in [6, 6.07) is 1.64. The van der Waals surface area contributed by atoms with Crippen molar-refractivity contribution in [3.8, 4) is 0 Å². The molecule has 0 N–H and O–H groups in total. The molecule has 0 aliphatic heterocycles. The van der Waals surface area contributed by atoms with E-state index in [4.69, 9.17) is 17.0 Å². The summed E-state index contributed by atoms with van der Waals surface area (Å²) in [6.45, 7) is 0. The van der Waals surface area contributed by atoms with E-state index in [0.29, 0.717) is 5.84 Å². The van der Waals surface area contributed by atoms with E-state index in [0.717, 1.165) is 0 Å². The summed E-state index contributed by atoms with van der Waals surface area (Å²) in [6.07, 6.45) is 3.86. The quantitative estimate of drug-likeness (QED) is 0.263. The van der Waals surface area contributed by atoms with Crippen molar-refractivity contribution in [2.45, 2.75) is 0 Å². The van der Waals surface area contributed by atoms with E-state index in [-0.39, 0.29) is 17.0 Å². The highest BCUT2D eigenvalue weighted by molar-refractivity contribution is 7.94. The zero-order valence-electron chi connectivity index (χ0n) is 5.83. The molecule has 0 atom stereocenters. The lowest BCUT2D eigenvalue weighted by Gasteiger charge is -1.94. The van der Waals surface area contributed by atoms with Gasteiger partial charge in [-0.2, -0.15) is 0 Å². The summed E-state index contributed by atoms with van der Waals surface area (Å²) < 4.78 is 4.01. The third kappa shape index (κ3) is 4.56. The van der Waals surface area contributed by atoms with Crippen LogP contribution in [-0.2, 0) is 11.1 Å². The first-order chi connectivity index (χ1) is 4.70. The highest BCUT2D eigenvalue weighted by atomic mass is 35.5. The molecular formula is C5H8ClN3S. The van der Waals surface area contributed by atoms with Gasteiger partial charge in [0.15, 0.2) is 0 Å². The maximum atomic E-state index is 8.13. The minimum absolute atomic E-state index is 0.0883. The molecule has 0 radical (unpaired) electrons. The lowest BCUT2D eigenvalue weighted by molar-refractivity contribution is 1.59. The fourth-order valence-electron chi connectivity index (χ4n) is 0.343. The average Bonchev–Trinajstić information content (AvgIpc) is 1.86. The Morgan fingerprint density at radius 3 is 2.60 bits per heavy atom. The number of rotatable bonds is 2. The van der Waals surface area contributed by atoms with Crippen LogP contribution in [0.5, 0.6) is 0 Å². The summed E-state index contributed by atoms with van der Waals surface area (Å²) in [5, 5.41) is 8.13.